The summed E-state index contributed by atoms with van der Waals surface area (Å²) in [7, 11) is 1.74. The van der Waals surface area contributed by atoms with Crippen LogP contribution in [0, 0.1) is 18.3 Å². The van der Waals surface area contributed by atoms with Crippen LogP contribution in [0.2, 0.25) is 0 Å². The van der Waals surface area contributed by atoms with Gasteiger partial charge in [0, 0.05) is 7.05 Å². The molecule has 0 unspecified atom stereocenters. The highest BCUT2D eigenvalue weighted by Gasteiger charge is 2.19. The average molecular weight is 416 g/mol. The van der Waals surface area contributed by atoms with E-state index in [2.05, 4.69) is 5.32 Å². The second-order valence-corrected chi connectivity index (χ2v) is 7.30. The molecular weight excluding hydrogens is 392 g/mol. The first-order valence-electron chi connectivity index (χ1n) is 9.85. The summed E-state index contributed by atoms with van der Waals surface area (Å²) in [6.07, 6.45) is 1.53. The lowest BCUT2D eigenvalue weighted by atomic mass is 10.1. The van der Waals surface area contributed by atoms with E-state index in [1.165, 1.54) is 10.8 Å². The summed E-state index contributed by atoms with van der Waals surface area (Å²) in [6, 6.07) is 18.1. The predicted molar refractivity (Wildman–Crippen MR) is 120 cm³/mol. The van der Waals surface area contributed by atoms with Gasteiger partial charge in [0.25, 0.3) is 11.5 Å². The molecule has 3 rings (SSSR count). The number of nitrogens with one attached hydrogen (secondary N) is 1. The maximum atomic E-state index is 13.0. The topological polar surface area (TPSA) is 89.1 Å². The Morgan fingerprint density at radius 1 is 1.13 bits per heavy atom. The molecule has 0 aliphatic carbocycles. The molecule has 158 valence electrons. The Hall–Kier alpha value is -4.05. The Morgan fingerprint density at radius 2 is 1.77 bits per heavy atom. The third-order valence-corrected chi connectivity index (χ3v) is 4.72. The van der Waals surface area contributed by atoms with Crippen LogP contribution >= 0.6 is 0 Å². The van der Waals surface area contributed by atoms with Gasteiger partial charge in [0.15, 0.2) is 0 Å². The lowest BCUT2D eigenvalue weighted by Gasteiger charge is -2.09. The Labute approximate surface area is 180 Å². The van der Waals surface area contributed by atoms with Crippen molar-refractivity contribution in [2.24, 2.45) is 7.05 Å². The second-order valence-electron chi connectivity index (χ2n) is 7.30. The normalized spacial score (nSPS) is 11.3. The number of hydrogen-bond acceptors (Lipinski definition) is 4. The molecule has 7 nitrogen and oxygen atoms in total. The van der Waals surface area contributed by atoms with Crippen LogP contribution in [0.15, 0.2) is 65.0 Å². The van der Waals surface area contributed by atoms with E-state index >= 15 is 0 Å². The number of rotatable bonds is 6. The van der Waals surface area contributed by atoms with Crippen LogP contribution < -0.4 is 15.6 Å². The van der Waals surface area contributed by atoms with Gasteiger partial charge < -0.3 is 10.1 Å². The van der Waals surface area contributed by atoms with E-state index in [0.29, 0.717) is 22.7 Å². The summed E-state index contributed by atoms with van der Waals surface area (Å²) in [4.78, 5) is 25.7. The number of ether oxygens (including phenoxy) is 1. The molecule has 31 heavy (non-hydrogen) atoms. The molecule has 3 aromatic rings. The number of para-hydroxylation sites is 1. The number of nitrogens with zero attached hydrogens (tertiary/aromatic N) is 3. The minimum absolute atomic E-state index is 0.0517. The van der Waals surface area contributed by atoms with Crippen molar-refractivity contribution in [2.75, 3.05) is 5.32 Å². The van der Waals surface area contributed by atoms with Crippen molar-refractivity contribution in [1.29, 1.82) is 5.26 Å². The van der Waals surface area contributed by atoms with E-state index in [9.17, 15) is 14.9 Å². The van der Waals surface area contributed by atoms with Gasteiger partial charge in [-0.3, -0.25) is 14.3 Å². The number of carbonyl (C=O) groups is 1. The molecule has 0 radical (unpaired) electrons. The van der Waals surface area contributed by atoms with Crippen molar-refractivity contribution in [3.63, 3.8) is 0 Å². The number of anilines is 1. The van der Waals surface area contributed by atoms with Crippen LogP contribution in [0.5, 0.6) is 5.75 Å². The van der Waals surface area contributed by atoms with E-state index in [-0.39, 0.29) is 22.9 Å². The summed E-state index contributed by atoms with van der Waals surface area (Å²) >= 11 is 0. The molecule has 0 aliphatic rings. The van der Waals surface area contributed by atoms with Crippen LogP contribution in [0.4, 0.5) is 5.69 Å². The van der Waals surface area contributed by atoms with E-state index in [0.717, 1.165) is 0 Å². The van der Waals surface area contributed by atoms with Gasteiger partial charge in [0.2, 0.25) is 0 Å². The van der Waals surface area contributed by atoms with Crippen LogP contribution in [-0.4, -0.2) is 21.4 Å². The van der Waals surface area contributed by atoms with E-state index < -0.39 is 5.91 Å². The van der Waals surface area contributed by atoms with Crippen LogP contribution in [0.3, 0.4) is 0 Å². The molecule has 1 aromatic heterocycles. The van der Waals surface area contributed by atoms with Gasteiger partial charge in [0.1, 0.15) is 23.1 Å². The standard InChI is InChI=1S/C24H24N4O3/c1-16(2)31-21-12-10-18(11-13-21)14-19(15-25)23(29)26-22-17(3)27(4)28(24(22)30)20-8-6-5-7-9-20/h5-14,16H,1-4H3,(H,26,29)/b19-14+. The lowest BCUT2D eigenvalue weighted by Crippen LogP contribution is -2.23. The van der Waals surface area contributed by atoms with E-state index in [1.807, 2.05) is 38.1 Å². The Balaban J connectivity index is 1.87. The van der Waals surface area contributed by atoms with Gasteiger partial charge in [0.05, 0.1) is 17.5 Å². The first-order chi connectivity index (χ1) is 14.8. The minimum atomic E-state index is -0.643. The fourth-order valence-electron chi connectivity index (χ4n) is 3.12. The van der Waals surface area contributed by atoms with Crippen LogP contribution in [0.25, 0.3) is 11.8 Å². The zero-order valence-corrected chi connectivity index (χ0v) is 17.9. The fraction of sp³-hybridized carbons (Fsp3) is 0.208. The molecule has 1 N–H and O–H groups in total. The Kier molecular flexibility index (Phi) is 6.41. The largest absolute Gasteiger partial charge is 0.491 e. The quantitative estimate of drug-likeness (QED) is 0.489. The van der Waals surface area contributed by atoms with Gasteiger partial charge in [-0.15, -0.1) is 0 Å². The molecular formula is C24H24N4O3. The van der Waals surface area contributed by atoms with Gasteiger partial charge >= 0.3 is 0 Å². The number of hydrogen-bond donors (Lipinski definition) is 1. The molecule has 0 fully saturated rings. The molecule has 1 heterocycles. The van der Waals surface area contributed by atoms with Crippen molar-refractivity contribution in [3.05, 3.63) is 81.8 Å². The van der Waals surface area contributed by atoms with Gasteiger partial charge in [-0.2, -0.15) is 5.26 Å². The smallest absolute Gasteiger partial charge is 0.295 e. The number of aromatic nitrogens is 2. The van der Waals surface area contributed by atoms with E-state index in [4.69, 9.17) is 4.74 Å². The first-order valence-corrected chi connectivity index (χ1v) is 9.85. The Morgan fingerprint density at radius 3 is 2.35 bits per heavy atom. The minimum Gasteiger partial charge on any atom is -0.491 e. The third kappa shape index (κ3) is 4.75. The van der Waals surface area contributed by atoms with Gasteiger partial charge in [-0.05, 0) is 56.7 Å². The summed E-state index contributed by atoms with van der Waals surface area (Å²) in [5.74, 6) is 0.0625. The first kappa shape index (κ1) is 21.7. The summed E-state index contributed by atoms with van der Waals surface area (Å²) < 4.78 is 8.73. The molecule has 0 spiro atoms. The van der Waals surface area contributed by atoms with Crippen LogP contribution in [0.1, 0.15) is 25.1 Å². The molecule has 7 heteroatoms. The monoisotopic (exact) mass is 416 g/mol. The third-order valence-electron chi connectivity index (χ3n) is 4.72. The SMILES string of the molecule is Cc1c(NC(=O)/C(C#N)=C/c2ccc(OC(C)C)cc2)c(=O)n(-c2ccccc2)n1C. The second kappa shape index (κ2) is 9.18. The summed E-state index contributed by atoms with van der Waals surface area (Å²) in [5.41, 5.74) is 1.60. The van der Waals surface area contributed by atoms with Crippen molar-refractivity contribution < 1.29 is 9.53 Å². The summed E-state index contributed by atoms with van der Waals surface area (Å²) in [5, 5.41) is 12.1. The molecule has 0 bridgehead atoms. The predicted octanol–water partition coefficient (Wildman–Crippen LogP) is 3.82. The Bertz CT molecular complexity index is 1210. The fourth-order valence-corrected chi connectivity index (χ4v) is 3.12. The molecule has 2 aromatic carbocycles. The average Bonchev–Trinajstić information content (AvgIpc) is 2.96. The van der Waals surface area contributed by atoms with E-state index in [1.54, 1.807) is 55.1 Å². The molecule has 0 saturated heterocycles. The molecule has 0 saturated carbocycles. The van der Waals surface area contributed by atoms with Crippen molar-refractivity contribution >= 4 is 17.7 Å². The van der Waals surface area contributed by atoms with Gasteiger partial charge in [-0.1, -0.05) is 30.3 Å². The molecule has 0 aliphatic heterocycles. The highest BCUT2D eigenvalue weighted by molar-refractivity contribution is 6.09. The van der Waals surface area contributed by atoms with Crippen molar-refractivity contribution in [3.8, 4) is 17.5 Å². The van der Waals surface area contributed by atoms with Crippen LogP contribution in [-0.2, 0) is 11.8 Å². The number of nitriles is 1. The van der Waals surface area contributed by atoms with Crippen molar-refractivity contribution in [2.45, 2.75) is 26.9 Å². The van der Waals surface area contributed by atoms with Crippen molar-refractivity contribution in [1.82, 2.24) is 9.36 Å². The lowest BCUT2D eigenvalue weighted by molar-refractivity contribution is -0.112. The highest BCUT2D eigenvalue weighted by atomic mass is 16.5. The number of benzene rings is 2. The molecule has 0 atom stereocenters. The highest BCUT2D eigenvalue weighted by Crippen LogP contribution is 2.18. The number of amides is 1. The molecule has 1 amide bonds. The summed E-state index contributed by atoms with van der Waals surface area (Å²) in [6.45, 7) is 5.60. The van der Waals surface area contributed by atoms with Gasteiger partial charge in [-0.25, -0.2) is 4.68 Å². The number of carbonyl (C=O) groups excluding carboxylic acids is 1. The zero-order valence-electron chi connectivity index (χ0n) is 17.9. The maximum Gasteiger partial charge on any atom is 0.295 e. The maximum absolute atomic E-state index is 13.0. The zero-order chi connectivity index (χ0) is 22.5.